The molecule has 3 heterocycles. The molecule has 29 heavy (non-hydrogen) atoms. The molecule has 0 aromatic rings. The Morgan fingerprint density at radius 3 is 2.24 bits per heavy atom. The summed E-state index contributed by atoms with van der Waals surface area (Å²) in [6.07, 6.45) is 3.05. The van der Waals surface area contributed by atoms with Crippen molar-refractivity contribution in [3.63, 3.8) is 0 Å². The summed E-state index contributed by atoms with van der Waals surface area (Å²) in [5.74, 6) is -1.71. The van der Waals surface area contributed by atoms with Gasteiger partial charge >= 0.3 is 5.97 Å². The van der Waals surface area contributed by atoms with Gasteiger partial charge in [-0.1, -0.05) is 0 Å². The van der Waals surface area contributed by atoms with Crippen LogP contribution in [0.2, 0.25) is 0 Å². The number of carbonyl (C=O) groups is 4. The van der Waals surface area contributed by atoms with Crippen LogP contribution in [0, 0.1) is 10.8 Å². The first kappa shape index (κ1) is 23.0. The van der Waals surface area contributed by atoms with Crippen molar-refractivity contribution in [3.8, 4) is 0 Å². The number of fused-ring (bicyclic) bond motifs is 3. The monoisotopic (exact) mass is 408 g/mol. The molecule has 1 atom stereocenters. The molecular weight excluding hydrogens is 376 g/mol. The summed E-state index contributed by atoms with van der Waals surface area (Å²) in [6, 6.07) is -1.02. The van der Waals surface area contributed by atoms with Crippen molar-refractivity contribution in [2.24, 2.45) is 5.41 Å². The number of Topliss-reactive ketones (excluding diaryl/α,β-unsaturated/α-hetero) is 1. The molecule has 2 amide bonds. The van der Waals surface area contributed by atoms with Gasteiger partial charge in [-0.3, -0.25) is 14.4 Å². The molecule has 3 N–H and O–H groups in total. The van der Waals surface area contributed by atoms with Crippen LogP contribution < -0.4 is 10.6 Å². The van der Waals surface area contributed by atoms with E-state index in [0.717, 1.165) is 38.9 Å². The number of rotatable bonds is 9. The largest absolute Gasteiger partial charge is 0.458 e. The fourth-order valence-corrected chi connectivity index (χ4v) is 3.74. The second-order valence-electron chi connectivity index (χ2n) is 8.86. The molecule has 3 aliphatic rings. The maximum absolute atomic E-state index is 12.7. The number of ether oxygens (including phenoxy) is 1. The number of hydrogen-bond acceptors (Lipinski definition) is 7. The van der Waals surface area contributed by atoms with Crippen LogP contribution in [0.1, 0.15) is 52.9 Å². The quantitative estimate of drug-likeness (QED) is 0.374. The summed E-state index contributed by atoms with van der Waals surface area (Å²) >= 11 is 0. The Balaban J connectivity index is 1.90. The van der Waals surface area contributed by atoms with Gasteiger partial charge in [0.2, 0.25) is 11.8 Å². The molecule has 3 aliphatic heterocycles. The zero-order valence-corrected chi connectivity index (χ0v) is 17.5. The molecule has 0 radical (unpaired) electrons. The second kappa shape index (κ2) is 9.47. The summed E-state index contributed by atoms with van der Waals surface area (Å²) in [6.45, 7) is 7.61. The number of piperidine rings is 3. The Morgan fingerprint density at radius 1 is 1.14 bits per heavy atom. The van der Waals surface area contributed by atoms with Crippen molar-refractivity contribution in [2.45, 2.75) is 64.5 Å². The number of amides is 2. The minimum Gasteiger partial charge on any atom is -0.458 e. The lowest BCUT2D eigenvalue weighted by Gasteiger charge is -2.47. The highest BCUT2D eigenvalue weighted by Crippen LogP contribution is 2.40. The van der Waals surface area contributed by atoms with Gasteiger partial charge in [0.25, 0.3) is 0 Å². The molecule has 3 saturated heterocycles. The molecule has 0 spiro atoms. The molecule has 0 aromatic carbocycles. The molecular formula is C20H32N4O5. The highest BCUT2D eigenvalue weighted by Gasteiger charge is 2.45. The van der Waals surface area contributed by atoms with Crippen molar-refractivity contribution >= 4 is 29.8 Å². The number of hydrogen-bond donors (Lipinski definition) is 3. The zero-order valence-electron chi connectivity index (χ0n) is 17.5. The average Bonchev–Trinajstić information content (AvgIpc) is 2.68. The molecule has 9 nitrogen and oxygen atoms in total. The fourth-order valence-electron chi connectivity index (χ4n) is 3.74. The van der Waals surface area contributed by atoms with Crippen molar-refractivity contribution in [3.05, 3.63) is 0 Å². The fraction of sp³-hybridized carbons (Fsp3) is 0.750. The summed E-state index contributed by atoms with van der Waals surface area (Å²) in [7, 11) is 0. The highest BCUT2D eigenvalue weighted by atomic mass is 16.6. The van der Waals surface area contributed by atoms with E-state index in [1.54, 1.807) is 20.8 Å². The van der Waals surface area contributed by atoms with Gasteiger partial charge in [-0.2, -0.15) is 0 Å². The average molecular weight is 408 g/mol. The predicted molar refractivity (Wildman–Crippen MR) is 107 cm³/mol. The van der Waals surface area contributed by atoms with Crippen molar-refractivity contribution in [1.82, 2.24) is 15.5 Å². The molecule has 2 bridgehead atoms. The van der Waals surface area contributed by atoms with Crippen molar-refractivity contribution < 1.29 is 23.9 Å². The third kappa shape index (κ3) is 6.62. The summed E-state index contributed by atoms with van der Waals surface area (Å²) in [5.41, 5.74) is -1.13. The minimum atomic E-state index is -1.02. The third-order valence-corrected chi connectivity index (χ3v) is 5.48. The van der Waals surface area contributed by atoms with Gasteiger partial charge in [-0.25, -0.2) is 4.79 Å². The smallest absolute Gasteiger partial charge is 0.329 e. The Bertz CT molecular complexity index is 648. The second-order valence-corrected chi connectivity index (χ2v) is 8.86. The van der Waals surface area contributed by atoms with E-state index in [2.05, 4.69) is 15.5 Å². The Hall–Kier alpha value is -2.29. The Labute approximate surface area is 171 Å². The number of nitrogens with one attached hydrogen (secondary N) is 3. The van der Waals surface area contributed by atoms with Crippen LogP contribution >= 0.6 is 0 Å². The van der Waals surface area contributed by atoms with E-state index in [4.69, 9.17) is 10.1 Å². The van der Waals surface area contributed by atoms with Crippen LogP contribution in [-0.4, -0.2) is 72.5 Å². The molecule has 162 valence electrons. The van der Waals surface area contributed by atoms with Crippen molar-refractivity contribution in [2.75, 3.05) is 26.2 Å². The molecule has 0 saturated carbocycles. The van der Waals surface area contributed by atoms with Crippen LogP contribution in [0.15, 0.2) is 0 Å². The van der Waals surface area contributed by atoms with Crippen LogP contribution in [0.4, 0.5) is 0 Å². The number of ketones is 1. The first-order valence-electron chi connectivity index (χ1n) is 10.1. The highest BCUT2D eigenvalue weighted by molar-refractivity contribution is 6.26. The standard InChI is InChI=1S/C20H32N4O5/c1-19(2,3)29-17(27)15(5-4-14(25)12-21)23-16(26)13-22-18(28)20-6-9-24(10-7-20)11-8-20/h12,15,21H,4-11,13H2,1-3H3,(H,22,28)(H,23,26)/t15-/m0/s1. The third-order valence-electron chi connectivity index (χ3n) is 5.48. The first-order valence-corrected chi connectivity index (χ1v) is 10.1. The molecule has 3 rings (SSSR count). The van der Waals surface area contributed by atoms with E-state index in [9.17, 15) is 19.2 Å². The maximum Gasteiger partial charge on any atom is 0.329 e. The van der Waals surface area contributed by atoms with E-state index in [-0.39, 0.29) is 25.3 Å². The maximum atomic E-state index is 12.7. The van der Waals surface area contributed by atoms with Gasteiger partial charge in [0.15, 0.2) is 5.78 Å². The van der Waals surface area contributed by atoms with E-state index in [1.165, 1.54) is 0 Å². The van der Waals surface area contributed by atoms with E-state index >= 15 is 0 Å². The van der Waals surface area contributed by atoms with Gasteiger partial charge in [0.05, 0.1) is 18.2 Å². The van der Waals surface area contributed by atoms with Gasteiger partial charge in [-0.05, 0) is 66.1 Å². The number of esters is 1. The van der Waals surface area contributed by atoms with Crippen LogP contribution in [0.3, 0.4) is 0 Å². The van der Waals surface area contributed by atoms with Crippen LogP contribution in [0.5, 0.6) is 0 Å². The Kier molecular flexibility index (Phi) is 7.51. The van der Waals surface area contributed by atoms with E-state index in [1.807, 2.05) is 0 Å². The SMILES string of the molecule is CC(C)(C)OC(=O)[C@H](CCC(=O)C=N)NC(=O)CNC(=O)C12CCN(CC1)CC2. The topological polar surface area (TPSA) is 129 Å². The van der Waals surface area contributed by atoms with Gasteiger partial charge in [-0.15, -0.1) is 0 Å². The van der Waals surface area contributed by atoms with Gasteiger partial charge < -0.3 is 25.7 Å². The summed E-state index contributed by atoms with van der Waals surface area (Å²) in [4.78, 5) is 51.2. The lowest BCUT2D eigenvalue weighted by molar-refractivity contribution is -0.158. The number of carbonyl (C=O) groups excluding carboxylic acids is 4. The number of nitrogens with zero attached hydrogens (tertiary/aromatic N) is 1. The zero-order chi connectivity index (χ0) is 21.7. The van der Waals surface area contributed by atoms with Gasteiger partial charge in [0, 0.05) is 6.42 Å². The Morgan fingerprint density at radius 2 is 1.72 bits per heavy atom. The minimum absolute atomic E-state index is 0.0303. The van der Waals surface area contributed by atoms with Crippen molar-refractivity contribution in [1.29, 1.82) is 5.41 Å². The van der Waals surface area contributed by atoms with Gasteiger partial charge in [0.1, 0.15) is 11.6 Å². The lowest BCUT2D eigenvalue weighted by Crippen LogP contribution is -2.56. The van der Waals surface area contributed by atoms with E-state index in [0.29, 0.717) is 6.21 Å². The molecule has 0 aromatic heterocycles. The summed E-state index contributed by atoms with van der Waals surface area (Å²) < 4.78 is 5.31. The first-order chi connectivity index (χ1) is 13.5. The van der Waals surface area contributed by atoms with E-state index < -0.39 is 34.7 Å². The normalized spacial score (nSPS) is 24.3. The molecule has 9 heteroatoms. The molecule has 0 unspecified atom stereocenters. The van der Waals surface area contributed by atoms with Crippen LogP contribution in [-0.2, 0) is 23.9 Å². The molecule has 0 aliphatic carbocycles. The van der Waals surface area contributed by atoms with Crippen LogP contribution in [0.25, 0.3) is 0 Å². The summed E-state index contributed by atoms with van der Waals surface area (Å²) in [5, 5.41) is 12.2. The predicted octanol–water partition coefficient (Wildman–Crippen LogP) is 0.414. The molecule has 3 fully saturated rings. The lowest BCUT2D eigenvalue weighted by atomic mass is 9.71.